The number of hydrogen-bond acceptors (Lipinski definition) is 5. The van der Waals surface area contributed by atoms with Gasteiger partial charge in [-0.05, 0) is 78.1 Å². The van der Waals surface area contributed by atoms with Gasteiger partial charge in [0.2, 0.25) is 0 Å². The van der Waals surface area contributed by atoms with Gasteiger partial charge in [0.05, 0.1) is 31.0 Å². The Balaban J connectivity index is 1.18. The Morgan fingerprint density at radius 1 is 0.805 bits per heavy atom. The van der Waals surface area contributed by atoms with E-state index in [0.717, 1.165) is 44.0 Å². The molecular weight excluding hydrogens is 521 g/mol. The van der Waals surface area contributed by atoms with Crippen LogP contribution in [0.4, 0.5) is 15.8 Å². The van der Waals surface area contributed by atoms with Gasteiger partial charge in [-0.1, -0.05) is 36.4 Å². The number of benzene rings is 4. The predicted octanol–water partition coefficient (Wildman–Crippen LogP) is 5.95. The van der Waals surface area contributed by atoms with Crippen LogP contribution in [0.15, 0.2) is 84.9 Å². The molecule has 2 N–H and O–H groups in total. The molecule has 0 atom stereocenters. The molecule has 4 aromatic carbocycles. The van der Waals surface area contributed by atoms with E-state index in [1.165, 1.54) is 34.9 Å². The van der Waals surface area contributed by atoms with Gasteiger partial charge in [-0.3, -0.25) is 14.5 Å². The third-order valence-electron chi connectivity index (χ3n) is 7.26. The van der Waals surface area contributed by atoms with E-state index in [1.807, 2.05) is 24.3 Å². The normalized spacial score (nSPS) is 12.8. The monoisotopic (exact) mass is 553 g/mol. The van der Waals surface area contributed by atoms with E-state index in [1.54, 1.807) is 44.6 Å². The third kappa shape index (κ3) is 6.56. The first-order chi connectivity index (χ1) is 19.9. The Labute approximate surface area is 238 Å². The summed E-state index contributed by atoms with van der Waals surface area (Å²) in [5, 5.41) is 5.54. The number of amides is 2. The van der Waals surface area contributed by atoms with E-state index < -0.39 is 11.7 Å². The Hall–Kier alpha value is -4.69. The van der Waals surface area contributed by atoms with Gasteiger partial charge >= 0.3 is 0 Å². The predicted molar refractivity (Wildman–Crippen MR) is 157 cm³/mol. The number of anilines is 2. The number of halogens is 1. The first kappa shape index (κ1) is 27.9. The van der Waals surface area contributed by atoms with Crippen LogP contribution in [0.5, 0.6) is 11.5 Å². The van der Waals surface area contributed by atoms with E-state index in [9.17, 15) is 14.0 Å². The zero-order valence-corrected chi connectivity index (χ0v) is 23.1. The smallest absolute Gasteiger partial charge is 0.258 e. The number of methoxy groups -OCH3 is 2. The molecule has 1 aliphatic heterocycles. The van der Waals surface area contributed by atoms with Crippen LogP contribution in [-0.4, -0.2) is 44.0 Å². The minimum absolute atomic E-state index is 0.0907. The van der Waals surface area contributed by atoms with Gasteiger partial charge in [-0.15, -0.1) is 0 Å². The molecule has 0 saturated heterocycles. The average Bonchev–Trinajstić information content (AvgIpc) is 3.00. The second kappa shape index (κ2) is 12.7. The Kier molecular flexibility index (Phi) is 8.60. The van der Waals surface area contributed by atoms with Gasteiger partial charge in [0.25, 0.3) is 11.8 Å². The summed E-state index contributed by atoms with van der Waals surface area (Å²) in [6.45, 7) is 2.74. The molecule has 2 amide bonds. The first-order valence-electron chi connectivity index (χ1n) is 13.5. The van der Waals surface area contributed by atoms with Gasteiger partial charge < -0.3 is 20.1 Å². The molecule has 0 bridgehead atoms. The number of ether oxygens (including phenoxy) is 2. The third-order valence-corrected chi connectivity index (χ3v) is 7.26. The molecule has 0 saturated carbocycles. The summed E-state index contributed by atoms with van der Waals surface area (Å²) >= 11 is 0. The Morgan fingerprint density at radius 2 is 1.44 bits per heavy atom. The fraction of sp³-hybridized carbons (Fsp3) is 0.212. The van der Waals surface area contributed by atoms with E-state index in [-0.39, 0.29) is 17.0 Å². The van der Waals surface area contributed by atoms with E-state index in [0.29, 0.717) is 11.4 Å². The van der Waals surface area contributed by atoms with Gasteiger partial charge in [-0.25, -0.2) is 4.39 Å². The second-order valence-electron chi connectivity index (χ2n) is 9.88. The Bertz CT molecular complexity index is 1550. The number of rotatable bonds is 9. The van der Waals surface area contributed by atoms with E-state index >= 15 is 0 Å². The number of carbonyl (C=O) groups is 2. The molecule has 1 heterocycles. The molecule has 210 valence electrons. The maximum absolute atomic E-state index is 14.0. The van der Waals surface area contributed by atoms with Gasteiger partial charge in [0.15, 0.2) is 11.5 Å². The molecule has 4 aromatic rings. The molecular formula is C33H32FN3O4. The number of nitrogens with zero attached hydrogens (tertiary/aromatic N) is 1. The van der Waals surface area contributed by atoms with Crippen LogP contribution in [-0.2, 0) is 19.4 Å². The van der Waals surface area contributed by atoms with Crippen LogP contribution in [0, 0.1) is 5.82 Å². The number of nitrogens with one attached hydrogen (secondary N) is 2. The van der Waals surface area contributed by atoms with E-state index in [4.69, 9.17) is 9.47 Å². The number of fused-ring (bicyclic) bond motifs is 1. The molecule has 5 rings (SSSR count). The fourth-order valence-corrected chi connectivity index (χ4v) is 5.00. The van der Waals surface area contributed by atoms with Crippen LogP contribution in [0.25, 0.3) is 0 Å². The van der Waals surface area contributed by atoms with E-state index in [2.05, 4.69) is 27.7 Å². The lowest BCUT2D eigenvalue weighted by molar-refractivity contribution is 0.102. The van der Waals surface area contributed by atoms with Crippen molar-refractivity contribution in [2.75, 3.05) is 37.9 Å². The van der Waals surface area contributed by atoms with Crippen LogP contribution < -0.4 is 20.1 Å². The molecule has 1 aliphatic rings. The summed E-state index contributed by atoms with van der Waals surface area (Å²) in [6.07, 6.45) is 1.84. The van der Waals surface area contributed by atoms with Gasteiger partial charge in [-0.2, -0.15) is 0 Å². The highest BCUT2D eigenvalue weighted by molar-refractivity contribution is 6.12. The zero-order chi connectivity index (χ0) is 28.8. The lowest BCUT2D eigenvalue weighted by Crippen LogP contribution is -2.32. The summed E-state index contributed by atoms with van der Waals surface area (Å²) < 4.78 is 25.0. The summed E-state index contributed by atoms with van der Waals surface area (Å²) in [6, 6.07) is 24.3. The Morgan fingerprint density at radius 3 is 2.15 bits per heavy atom. The molecule has 0 aliphatic carbocycles. The van der Waals surface area contributed by atoms with Crippen molar-refractivity contribution in [3.05, 3.63) is 119 Å². The van der Waals surface area contributed by atoms with Crippen LogP contribution in [0.1, 0.15) is 37.4 Å². The molecule has 7 nitrogen and oxygen atoms in total. The van der Waals surface area contributed by atoms with Crippen LogP contribution >= 0.6 is 0 Å². The second-order valence-corrected chi connectivity index (χ2v) is 9.88. The SMILES string of the molecule is COc1cc2c(cc1OC)CN(CCc1ccc(NC(=O)c3ccccc3NC(=O)c3ccccc3F)cc1)CC2. The van der Waals surface area contributed by atoms with Crippen molar-refractivity contribution in [2.24, 2.45) is 0 Å². The summed E-state index contributed by atoms with van der Waals surface area (Å²) in [5.74, 6) is -0.105. The topological polar surface area (TPSA) is 79.9 Å². The summed E-state index contributed by atoms with van der Waals surface area (Å²) in [5.41, 5.74) is 4.85. The highest BCUT2D eigenvalue weighted by Gasteiger charge is 2.20. The molecule has 8 heteroatoms. The minimum Gasteiger partial charge on any atom is -0.493 e. The molecule has 41 heavy (non-hydrogen) atoms. The van der Waals surface area contributed by atoms with Crippen molar-refractivity contribution >= 4 is 23.2 Å². The highest BCUT2D eigenvalue weighted by Crippen LogP contribution is 2.33. The van der Waals surface area contributed by atoms with Crippen LogP contribution in [0.2, 0.25) is 0 Å². The van der Waals surface area contributed by atoms with Gasteiger partial charge in [0, 0.05) is 25.3 Å². The number of para-hydroxylation sites is 1. The number of carbonyl (C=O) groups excluding carboxylic acids is 2. The maximum Gasteiger partial charge on any atom is 0.258 e. The maximum atomic E-state index is 14.0. The molecule has 0 spiro atoms. The lowest BCUT2D eigenvalue weighted by atomic mass is 9.98. The van der Waals surface area contributed by atoms with Crippen molar-refractivity contribution < 1.29 is 23.5 Å². The summed E-state index contributed by atoms with van der Waals surface area (Å²) in [4.78, 5) is 28.1. The van der Waals surface area contributed by atoms with Crippen molar-refractivity contribution in [3.63, 3.8) is 0 Å². The van der Waals surface area contributed by atoms with Gasteiger partial charge in [0.1, 0.15) is 5.82 Å². The largest absolute Gasteiger partial charge is 0.493 e. The number of hydrogen-bond donors (Lipinski definition) is 2. The highest BCUT2D eigenvalue weighted by atomic mass is 19.1. The molecule has 0 radical (unpaired) electrons. The zero-order valence-electron chi connectivity index (χ0n) is 23.1. The fourth-order valence-electron chi connectivity index (χ4n) is 5.00. The van der Waals surface area contributed by atoms with Crippen molar-refractivity contribution in [3.8, 4) is 11.5 Å². The standard InChI is InChI=1S/C33H32FN3O4/c1-40-30-19-23-16-18-37(21-24(23)20-31(30)41-2)17-15-22-11-13-25(14-12-22)35-33(39)27-8-4-6-10-29(27)36-32(38)26-7-3-5-9-28(26)34/h3-14,19-20H,15-18,21H2,1-2H3,(H,35,39)(H,36,38). The van der Waals surface area contributed by atoms with Crippen LogP contribution in [0.3, 0.4) is 0 Å². The first-order valence-corrected chi connectivity index (χ1v) is 13.5. The van der Waals surface area contributed by atoms with Crippen molar-refractivity contribution in [1.29, 1.82) is 0 Å². The molecule has 0 unspecified atom stereocenters. The quantitative estimate of drug-likeness (QED) is 0.268. The summed E-state index contributed by atoms with van der Waals surface area (Å²) in [7, 11) is 3.31. The van der Waals surface area contributed by atoms with Crippen molar-refractivity contribution in [1.82, 2.24) is 4.90 Å². The molecule has 0 aromatic heterocycles. The minimum atomic E-state index is -0.627. The molecule has 0 fully saturated rings. The average molecular weight is 554 g/mol. The van der Waals surface area contributed by atoms with Crippen molar-refractivity contribution in [2.45, 2.75) is 19.4 Å². The lowest BCUT2D eigenvalue weighted by Gasteiger charge is -2.29.